The maximum Gasteiger partial charge on any atom is 0.148 e. The van der Waals surface area contributed by atoms with Crippen molar-refractivity contribution in [3.05, 3.63) is 97.9 Å². The standard InChI is InChI=1S/C23H17Br2NO/c1-16-7-9-17(10-8-16)15-27-23-21(24)12-18(13-22(23)25)11-20(14-26)19-5-3-2-4-6-19/h2-13H,15H2,1H3/b20-11+. The molecule has 0 N–H and O–H groups in total. The number of aryl methyl sites for hydroxylation is 1. The molecule has 3 rings (SSSR count). The zero-order valence-corrected chi connectivity index (χ0v) is 17.9. The van der Waals surface area contributed by atoms with Crippen LogP contribution in [-0.4, -0.2) is 0 Å². The van der Waals surface area contributed by atoms with Crippen molar-refractivity contribution in [3.63, 3.8) is 0 Å². The largest absolute Gasteiger partial charge is 0.487 e. The molecule has 0 saturated carbocycles. The molecular weight excluding hydrogens is 466 g/mol. The summed E-state index contributed by atoms with van der Waals surface area (Å²) in [6.07, 6.45) is 1.87. The van der Waals surface area contributed by atoms with E-state index in [1.54, 1.807) is 0 Å². The Morgan fingerprint density at radius 3 is 2.22 bits per heavy atom. The summed E-state index contributed by atoms with van der Waals surface area (Å²) in [6.45, 7) is 2.55. The summed E-state index contributed by atoms with van der Waals surface area (Å²) in [5, 5.41) is 9.50. The molecule has 0 aliphatic rings. The highest BCUT2D eigenvalue weighted by atomic mass is 79.9. The summed E-state index contributed by atoms with van der Waals surface area (Å²) in [6, 6.07) is 24.1. The minimum Gasteiger partial charge on any atom is -0.487 e. The number of halogens is 2. The molecule has 0 amide bonds. The van der Waals surface area contributed by atoms with Gasteiger partial charge in [0.1, 0.15) is 12.4 Å². The Bertz CT molecular complexity index is 980. The van der Waals surface area contributed by atoms with Crippen molar-refractivity contribution in [1.29, 1.82) is 5.26 Å². The molecule has 0 aliphatic carbocycles. The number of nitriles is 1. The third-order valence-corrected chi connectivity index (χ3v) is 5.22. The van der Waals surface area contributed by atoms with Crippen LogP contribution in [0.1, 0.15) is 22.3 Å². The second-order valence-electron chi connectivity index (χ2n) is 6.12. The first-order valence-corrected chi connectivity index (χ1v) is 10.00. The zero-order chi connectivity index (χ0) is 19.2. The van der Waals surface area contributed by atoms with E-state index in [9.17, 15) is 5.26 Å². The average Bonchev–Trinajstić information content (AvgIpc) is 2.67. The molecule has 0 saturated heterocycles. The van der Waals surface area contributed by atoms with Crippen LogP contribution in [0.15, 0.2) is 75.7 Å². The topological polar surface area (TPSA) is 33.0 Å². The molecule has 134 valence electrons. The van der Waals surface area contributed by atoms with Gasteiger partial charge in [0.05, 0.1) is 20.6 Å². The molecule has 3 aromatic carbocycles. The Kier molecular flexibility index (Phi) is 6.49. The summed E-state index contributed by atoms with van der Waals surface area (Å²) in [5.41, 5.74) is 4.76. The summed E-state index contributed by atoms with van der Waals surface area (Å²) in [5.74, 6) is 0.742. The first kappa shape index (κ1) is 19.4. The number of rotatable bonds is 5. The van der Waals surface area contributed by atoms with Gasteiger partial charge in [0, 0.05) is 0 Å². The van der Waals surface area contributed by atoms with Gasteiger partial charge in [0.2, 0.25) is 0 Å². The highest BCUT2D eigenvalue weighted by Gasteiger charge is 2.10. The maximum absolute atomic E-state index is 9.50. The minimum atomic E-state index is 0.486. The molecule has 27 heavy (non-hydrogen) atoms. The van der Waals surface area contributed by atoms with Crippen LogP contribution in [0.25, 0.3) is 11.6 Å². The Morgan fingerprint density at radius 2 is 1.63 bits per heavy atom. The van der Waals surface area contributed by atoms with E-state index < -0.39 is 0 Å². The monoisotopic (exact) mass is 481 g/mol. The summed E-state index contributed by atoms with van der Waals surface area (Å²) < 4.78 is 7.65. The van der Waals surface area contributed by atoms with Crippen molar-refractivity contribution >= 4 is 43.5 Å². The predicted octanol–water partition coefficient (Wildman–Crippen LogP) is 7.16. The number of hydrogen-bond acceptors (Lipinski definition) is 2. The second kappa shape index (κ2) is 9.03. The van der Waals surface area contributed by atoms with Crippen LogP contribution in [-0.2, 0) is 6.61 Å². The Balaban J connectivity index is 1.83. The molecule has 0 aromatic heterocycles. The first-order valence-electron chi connectivity index (χ1n) is 8.41. The van der Waals surface area contributed by atoms with Gasteiger partial charge >= 0.3 is 0 Å². The predicted molar refractivity (Wildman–Crippen MR) is 117 cm³/mol. The highest BCUT2D eigenvalue weighted by Crippen LogP contribution is 2.36. The van der Waals surface area contributed by atoms with Crippen LogP contribution in [0.5, 0.6) is 5.75 Å². The summed E-state index contributed by atoms with van der Waals surface area (Å²) >= 11 is 7.17. The lowest BCUT2D eigenvalue weighted by Gasteiger charge is -2.12. The average molecular weight is 483 g/mol. The molecule has 0 unspecified atom stereocenters. The molecule has 0 spiro atoms. The van der Waals surface area contributed by atoms with E-state index in [0.29, 0.717) is 12.2 Å². The van der Waals surface area contributed by atoms with Crippen molar-refractivity contribution in [3.8, 4) is 11.8 Å². The molecule has 0 fully saturated rings. The van der Waals surface area contributed by atoms with E-state index in [-0.39, 0.29) is 0 Å². The molecule has 3 aromatic rings. The second-order valence-corrected chi connectivity index (χ2v) is 7.83. The van der Waals surface area contributed by atoms with E-state index in [2.05, 4.69) is 69.1 Å². The van der Waals surface area contributed by atoms with Gasteiger partial charge in [-0.2, -0.15) is 5.26 Å². The van der Waals surface area contributed by atoms with Crippen LogP contribution in [0.4, 0.5) is 0 Å². The normalized spacial score (nSPS) is 11.1. The van der Waals surface area contributed by atoms with Gasteiger partial charge in [0.15, 0.2) is 0 Å². The Hall–Kier alpha value is -2.35. The first-order chi connectivity index (χ1) is 13.1. The van der Waals surface area contributed by atoms with E-state index in [0.717, 1.165) is 31.4 Å². The van der Waals surface area contributed by atoms with Gasteiger partial charge in [-0.1, -0.05) is 60.2 Å². The maximum atomic E-state index is 9.50. The molecule has 0 heterocycles. The smallest absolute Gasteiger partial charge is 0.148 e. The minimum absolute atomic E-state index is 0.486. The van der Waals surface area contributed by atoms with E-state index in [1.165, 1.54) is 5.56 Å². The third kappa shape index (κ3) is 5.09. The molecule has 0 aliphatic heterocycles. The molecule has 2 nitrogen and oxygen atoms in total. The summed E-state index contributed by atoms with van der Waals surface area (Å²) in [7, 11) is 0. The van der Waals surface area contributed by atoms with Gasteiger partial charge in [-0.3, -0.25) is 0 Å². The zero-order valence-electron chi connectivity index (χ0n) is 14.7. The van der Waals surface area contributed by atoms with Gasteiger partial charge in [0.25, 0.3) is 0 Å². The van der Waals surface area contributed by atoms with Crippen LogP contribution in [0, 0.1) is 18.3 Å². The van der Waals surface area contributed by atoms with Crippen molar-refractivity contribution in [1.82, 2.24) is 0 Å². The molecule has 0 atom stereocenters. The molecule has 0 bridgehead atoms. The molecular formula is C23H17Br2NO. The van der Waals surface area contributed by atoms with Crippen molar-refractivity contribution < 1.29 is 4.74 Å². The lowest BCUT2D eigenvalue weighted by atomic mass is 10.0. The lowest BCUT2D eigenvalue weighted by molar-refractivity contribution is 0.302. The van der Waals surface area contributed by atoms with E-state index in [4.69, 9.17) is 4.74 Å². The van der Waals surface area contributed by atoms with Gasteiger partial charge in [-0.15, -0.1) is 0 Å². The van der Waals surface area contributed by atoms with Crippen molar-refractivity contribution in [2.75, 3.05) is 0 Å². The number of allylic oxidation sites excluding steroid dienone is 1. The Morgan fingerprint density at radius 1 is 1.00 bits per heavy atom. The van der Waals surface area contributed by atoms with Crippen LogP contribution in [0.2, 0.25) is 0 Å². The fourth-order valence-electron chi connectivity index (χ4n) is 2.61. The van der Waals surface area contributed by atoms with Crippen molar-refractivity contribution in [2.24, 2.45) is 0 Å². The fraction of sp³-hybridized carbons (Fsp3) is 0.0870. The third-order valence-electron chi connectivity index (χ3n) is 4.04. The number of ether oxygens (including phenoxy) is 1. The van der Waals surface area contributed by atoms with Gasteiger partial charge in [-0.25, -0.2) is 0 Å². The SMILES string of the molecule is Cc1ccc(COc2c(Br)cc(/C=C(\C#N)c3ccccc3)cc2Br)cc1. The molecule has 0 radical (unpaired) electrons. The van der Waals surface area contributed by atoms with E-state index >= 15 is 0 Å². The van der Waals surface area contributed by atoms with Crippen LogP contribution < -0.4 is 4.74 Å². The van der Waals surface area contributed by atoms with Crippen molar-refractivity contribution in [2.45, 2.75) is 13.5 Å². The fourth-order valence-corrected chi connectivity index (χ4v) is 4.06. The quantitative estimate of drug-likeness (QED) is 0.285. The number of hydrogen-bond donors (Lipinski definition) is 0. The van der Waals surface area contributed by atoms with Crippen LogP contribution in [0.3, 0.4) is 0 Å². The van der Waals surface area contributed by atoms with Crippen LogP contribution >= 0.6 is 31.9 Å². The molecule has 4 heteroatoms. The van der Waals surface area contributed by atoms with Gasteiger partial charge < -0.3 is 4.74 Å². The number of benzene rings is 3. The van der Waals surface area contributed by atoms with E-state index in [1.807, 2.05) is 48.5 Å². The number of nitrogens with zero attached hydrogens (tertiary/aromatic N) is 1. The summed E-state index contributed by atoms with van der Waals surface area (Å²) in [4.78, 5) is 0. The lowest BCUT2D eigenvalue weighted by Crippen LogP contribution is -1.97. The highest BCUT2D eigenvalue weighted by molar-refractivity contribution is 9.11. The van der Waals surface area contributed by atoms with Gasteiger partial charge in [-0.05, 0) is 73.7 Å². The Labute approximate surface area is 176 Å².